The molecule has 1 saturated heterocycles. The van der Waals surface area contributed by atoms with Gasteiger partial charge in [-0.25, -0.2) is 0 Å². The van der Waals surface area contributed by atoms with Gasteiger partial charge in [-0.1, -0.05) is 23.7 Å². The van der Waals surface area contributed by atoms with Crippen LogP contribution in [0.4, 0.5) is 11.4 Å². The minimum Gasteiger partial charge on any atom is -0.495 e. The summed E-state index contributed by atoms with van der Waals surface area (Å²) < 4.78 is 10.6. The largest absolute Gasteiger partial charge is 0.495 e. The second-order valence-corrected chi connectivity index (χ2v) is 8.24. The maximum Gasteiger partial charge on any atom is 0.271 e. The Kier molecular flexibility index (Phi) is 5.09. The van der Waals surface area contributed by atoms with Crippen LogP contribution in [-0.2, 0) is 16.1 Å². The molecule has 3 heterocycles. The first-order chi connectivity index (χ1) is 16.0. The van der Waals surface area contributed by atoms with E-state index in [-0.39, 0.29) is 31.2 Å². The summed E-state index contributed by atoms with van der Waals surface area (Å²) >= 11 is 6.23. The first kappa shape index (κ1) is 21.1. The van der Waals surface area contributed by atoms with E-state index in [2.05, 4.69) is 5.32 Å². The van der Waals surface area contributed by atoms with Crippen molar-refractivity contribution in [2.45, 2.75) is 25.0 Å². The number of benzene rings is 2. The SMILES string of the molecule is COc1ccc(NC(=O)C23CCC(=O)N2c2ccccc2C(=O)N3Cc2ccco2)cc1Cl. The summed E-state index contributed by atoms with van der Waals surface area (Å²) in [6.45, 7) is 0.0285. The Morgan fingerprint density at radius 1 is 1.18 bits per heavy atom. The van der Waals surface area contributed by atoms with Gasteiger partial charge in [0.1, 0.15) is 11.5 Å². The van der Waals surface area contributed by atoms with Crippen molar-refractivity contribution < 1.29 is 23.5 Å². The van der Waals surface area contributed by atoms with E-state index in [4.69, 9.17) is 20.8 Å². The molecule has 0 saturated carbocycles. The summed E-state index contributed by atoms with van der Waals surface area (Å²) in [5, 5.41) is 3.17. The van der Waals surface area contributed by atoms with E-state index >= 15 is 0 Å². The van der Waals surface area contributed by atoms with Crippen LogP contribution in [-0.4, -0.2) is 35.4 Å². The van der Waals surface area contributed by atoms with Crippen LogP contribution in [0.2, 0.25) is 5.02 Å². The molecule has 1 fully saturated rings. The molecule has 168 valence electrons. The van der Waals surface area contributed by atoms with Gasteiger partial charge < -0.3 is 14.5 Å². The van der Waals surface area contributed by atoms with Gasteiger partial charge in [0.2, 0.25) is 11.6 Å². The predicted molar refractivity (Wildman–Crippen MR) is 121 cm³/mol. The second-order valence-electron chi connectivity index (χ2n) is 7.84. The van der Waals surface area contributed by atoms with Crippen molar-refractivity contribution in [3.63, 3.8) is 0 Å². The van der Waals surface area contributed by atoms with Gasteiger partial charge in [-0.15, -0.1) is 0 Å². The van der Waals surface area contributed by atoms with Crippen LogP contribution in [0.3, 0.4) is 0 Å². The van der Waals surface area contributed by atoms with Gasteiger partial charge in [-0.3, -0.25) is 24.2 Å². The molecular formula is C24H20ClN3O5. The van der Waals surface area contributed by atoms with E-state index in [9.17, 15) is 14.4 Å². The van der Waals surface area contributed by atoms with Gasteiger partial charge in [0.15, 0.2) is 0 Å². The number of hydrogen-bond donors (Lipinski definition) is 1. The molecule has 1 N–H and O–H groups in total. The molecule has 2 aliphatic heterocycles. The van der Waals surface area contributed by atoms with Crippen LogP contribution in [0.1, 0.15) is 29.0 Å². The zero-order valence-electron chi connectivity index (χ0n) is 17.7. The van der Waals surface area contributed by atoms with Crippen molar-refractivity contribution in [1.29, 1.82) is 0 Å². The third-order valence-electron chi connectivity index (χ3n) is 6.04. The van der Waals surface area contributed by atoms with Crippen molar-refractivity contribution in [1.82, 2.24) is 4.90 Å². The second kappa shape index (κ2) is 7.97. The van der Waals surface area contributed by atoms with Gasteiger partial charge in [-0.2, -0.15) is 0 Å². The summed E-state index contributed by atoms with van der Waals surface area (Å²) in [5.41, 5.74) is -0.357. The number of furan rings is 1. The van der Waals surface area contributed by atoms with Crippen LogP contribution < -0.4 is 15.0 Å². The number of nitrogens with zero attached hydrogens (tertiary/aromatic N) is 2. The van der Waals surface area contributed by atoms with Crippen LogP contribution in [0.15, 0.2) is 65.3 Å². The van der Waals surface area contributed by atoms with Crippen LogP contribution >= 0.6 is 11.6 Å². The fraction of sp³-hybridized carbons (Fsp3) is 0.208. The number of carbonyl (C=O) groups excluding carboxylic acids is 3. The van der Waals surface area contributed by atoms with E-state index in [1.54, 1.807) is 54.6 Å². The average Bonchev–Trinajstić information content (AvgIpc) is 3.45. The highest BCUT2D eigenvalue weighted by atomic mass is 35.5. The highest BCUT2D eigenvalue weighted by Gasteiger charge is 2.61. The van der Waals surface area contributed by atoms with Gasteiger partial charge in [0.25, 0.3) is 11.8 Å². The van der Waals surface area contributed by atoms with Gasteiger partial charge in [0.05, 0.1) is 36.2 Å². The Labute approximate surface area is 194 Å². The number of hydrogen-bond acceptors (Lipinski definition) is 5. The van der Waals surface area contributed by atoms with E-state index in [0.29, 0.717) is 33.5 Å². The summed E-state index contributed by atoms with van der Waals surface area (Å²) in [6.07, 6.45) is 1.76. The Morgan fingerprint density at radius 2 is 2.00 bits per heavy atom. The molecular weight excluding hydrogens is 446 g/mol. The molecule has 2 aliphatic rings. The molecule has 5 rings (SSSR count). The van der Waals surface area contributed by atoms with Crippen molar-refractivity contribution in [2.75, 3.05) is 17.3 Å². The van der Waals surface area contributed by atoms with E-state index in [1.807, 2.05) is 0 Å². The van der Waals surface area contributed by atoms with Gasteiger partial charge in [0, 0.05) is 18.5 Å². The minimum atomic E-state index is -1.55. The topological polar surface area (TPSA) is 92.1 Å². The summed E-state index contributed by atoms with van der Waals surface area (Å²) in [7, 11) is 1.50. The maximum atomic E-state index is 13.9. The van der Waals surface area contributed by atoms with E-state index in [0.717, 1.165) is 0 Å². The van der Waals surface area contributed by atoms with Crippen molar-refractivity contribution in [3.8, 4) is 5.75 Å². The number of amides is 3. The number of ether oxygens (including phenoxy) is 1. The predicted octanol–water partition coefficient (Wildman–Crippen LogP) is 4.06. The molecule has 1 unspecified atom stereocenters. The molecule has 0 radical (unpaired) electrons. The number of nitrogens with one attached hydrogen (secondary N) is 1. The quantitative estimate of drug-likeness (QED) is 0.613. The maximum absolute atomic E-state index is 13.9. The third kappa shape index (κ3) is 3.25. The van der Waals surface area contributed by atoms with Crippen LogP contribution in [0.5, 0.6) is 5.75 Å². The van der Waals surface area contributed by atoms with Crippen LogP contribution in [0, 0.1) is 0 Å². The highest BCUT2D eigenvalue weighted by molar-refractivity contribution is 6.32. The smallest absolute Gasteiger partial charge is 0.271 e. The summed E-state index contributed by atoms with van der Waals surface area (Å²) in [4.78, 5) is 43.4. The Hall–Kier alpha value is -3.78. The molecule has 9 heteroatoms. The fourth-order valence-corrected chi connectivity index (χ4v) is 4.79. The standard InChI is InChI=1S/C24H20ClN3O5/c1-32-20-9-8-15(13-18(20)25)26-23(31)24-11-10-21(29)28(24)19-7-3-2-6-17(19)22(30)27(24)14-16-5-4-12-33-16/h2-9,12-13H,10-11,14H2,1H3,(H,26,31). The van der Waals surface area contributed by atoms with Gasteiger partial charge >= 0.3 is 0 Å². The lowest BCUT2D eigenvalue weighted by Gasteiger charge is -2.48. The van der Waals surface area contributed by atoms with E-state index < -0.39 is 11.6 Å². The number of methoxy groups -OCH3 is 1. The average molecular weight is 466 g/mol. The van der Waals surface area contributed by atoms with Crippen molar-refractivity contribution >= 4 is 40.7 Å². The highest BCUT2D eigenvalue weighted by Crippen LogP contribution is 2.45. The summed E-state index contributed by atoms with van der Waals surface area (Å²) in [6, 6.07) is 15.1. The Morgan fingerprint density at radius 3 is 2.73 bits per heavy atom. The molecule has 3 aromatic rings. The number of carbonyl (C=O) groups is 3. The van der Waals surface area contributed by atoms with Crippen LogP contribution in [0.25, 0.3) is 0 Å². The molecule has 1 aromatic heterocycles. The molecule has 0 aliphatic carbocycles. The molecule has 2 aromatic carbocycles. The minimum absolute atomic E-state index is 0.0285. The molecule has 0 spiro atoms. The number of fused-ring (bicyclic) bond motifs is 3. The number of halogens is 1. The zero-order valence-corrected chi connectivity index (χ0v) is 18.5. The number of anilines is 2. The van der Waals surface area contributed by atoms with Crippen molar-refractivity contribution in [3.05, 3.63) is 77.2 Å². The van der Waals surface area contributed by atoms with Crippen molar-refractivity contribution in [2.24, 2.45) is 0 Å². The first-order valence-electron chi connectivity index (χ1n) is 10.4. The lowest BCUT2D eigenvalue weighted by atomic mass is 9.95. The van der Waals surface area contributed by atoms with E-state index in [1.165, 1.54) is 23.2 Å². The molecule has 1 atom stereocenters. The monoisotopic (exact) mass is 465 g/mol. The fourth-order valence-electron chi connectivity index (χ4n) is 4.54. The number of para-hydroxylation sites is 1. The lowest BCUT2D eigenvalue weighted by Crippen LogP contribution is -2.69. The zero-order chi connectivity index (χ0) is 23.2. The third-order valence-corrected chi connectivity index (χ3v) is 6.34. The van der Waals surface area contributed by atoms with Gasteiger partial charge in [-0.05, 0) is 42.5 Å². The first-order valence-corrected chi connectivity index (χ1v) is 10.7. The Bertz CT molecular complexity index is 1260. The Balaban J connectivity index is 1.62. The molecule has 3 amide bonds. The molecule has 8 nitrogen and oxygen atoms in total. The molecule has 33 heavy (non-hydrogen) atoms. The lowest BCUT2D eigenvalue weighted by molar-refractivity contribution is -0.129. The summed E-state index contributed by atoms with van der Waals surface area (Å²) in [5.74, 6) is -0.129. The number of rotatable bonds is 5. The normalized spacial score (nSPS) is 19.3. The molecule has 0 bridgehead atoms.